The topological polar surface area (TPSA) is 34.1 Å². The SMILES string of the molecule is CC(=O)[CH]C(C)C(C)=O. The summed E-state index contributed by atoms with van der Waals surface area (Å²) in [7, 11) is 0. The van der Waals surface area contributed by atoms with E-state index in [1.165, 1.54) is 20.3 Å². The Morgan fingerprint density at radius 2 is 1.78 bits per heavy atom. The second kappa shape index (κ2) is 3.38. The molecule has 0 amide bonds. The van der Waals surface area contributed by atoms with Crippen LogP contribution in [0.3, 0.4) is 0 Å². The van der Waals surface area contributed by atoms with E-state index in [9.17, 15) is 9.59 Å². The smallest absolute Gasteiger partial charge is 0.134 e. The molecule has 0 spiro atoms. The van der Waals surface area contributed by atoms with Crippen LogP contribution >= 0.6 is 0 Å². The van der Waals surface area contributed by atoms with E-state index >= 15 is 0 Å². The Kier molecular flexibility index (Phi) is 3.13. The molecule has 1 atom stereocenters. The fourth-order valence-electron chi connectivity index (χ4n) is 0.469. The second-order valence-corrected chi connectivity index (χ2v) is 2.18. The highest BCUT2D eigenvalue weighted by atomic mass is 16.1. The van der Waals surface area contributed by atoms with Crippen LogP contribution in [0, 0.1) is 12.3 Å². The van der Waals surface area contributed by atoms with Gasteiger partial charge < -0.3 is 0 Å². The summed E-state index contributed by atoms with van der Waals surface area (Å²) in [6.07, 6.45) is 1.42. The molecule has 0 aliphatic heterocycles. The first-order valence-corrected chi connectivity index (χ1v) is 2.90. The minimum atomic E-state index is -0.220. The van der Waals surface area contributed by atoms with Gasteiger partial charge in [-0.05, 0) is 13.8 Å². The number of hydrogen-bond acceptors (Lipinski definition) is 2. The number of carbonyl (C=O) groups excluding carboxylic acids is 2. The van der Waals surface area contributed by atoms with Crippen molar-refractivity contribution in [2.75, 3.05) is 0 Å². The van der Waals surface area contributed by atoms with Gasteiger partial charge >= 0.3 is 0 Å². The fraction of sp³-hybridized carbons (Fsp3) is 0.571. The molecule has 0 saturated carbocycles. The van der Waals surface area contributed by atoms with E-state index in [-0.39, 0.29) is 17.5 Å². The van der Waals surface area contributed by atoms with Crippen molar-refractivity contribution in [3.63, 3.8) is 0 Å². The number of Topliss-reactive ketones (excluding diaryl/α,β-unsaturated/α-hetero) is 2. The molecule has 51 valence electrons. The molecule has 0 aromatic carbocycles. The van der Waals surface area contributed by atoms with E-state index in [1.54, 1.807) is 6.92 Å². The van der Waals surface area contributed by atoms with E-state index in [2.05, 4.69) is 0 Å². The Labute approximate surface area is 55.3 Å². The third-order valence-corrected chi connectivity index (χ3v) is 1.13. The molecular formula is C7H11O2. The van der Waals surface area contributed by atoms with Gasteiger partial charge in [0.05, 0.1) is 0 Å². The van der Waals surface area contributed by atoms with Gasteiger partial charge in [-0.25, -0.2) is 0 Å². The van der Waals surface area contributed by atoms with E-state index in [1.807, 2.05) is 0 Å². The molecule has 0 aliphatic rings. The largest absolute Gasteiger partial charge is 0.300 e. The highest BCUT2D eigenvalue weighted by Gasteiger charge is 2.09. The summed E-state index contributed by atoms with van der Waals surface area (Å²) >= 11 is 0. The molecule has 2 nitrogen and oxygen atoms in total. The maximum Gasteiger partial charge on any atom is 0.134 e. The summed E-state index contributed by atoms with van der Waals surface area (Å²) in [5.41, 5.74) is 0. The maximum absolute atomic E-state index is 10.5. The van der Waals surface area contributed by atoms with Crippen LogP contribution in [0.2, 0.25) is 0 Å². The van der Waals surface area contributed by atoms with E-state index in [4.69, 9.17) is 0 Å². The lowest BCUT2D eigenvalue weighted by Crippen LogP contribution is -2.10. The Hall–Kier alpha value is -0.660. The quantitative estimate of drug-likeness (QED) is 0.567. The first-order chi connectivity index (χ1) is 4.04. The van der Waals surface area contributed by atoms with Gasteiger partial charge in [0.25, 0.3) is 0 Å². The van der Waals surface area contributed by atoms with E-state index in [0.717, 1.165) is 0 Å². The molecule has 0 bridgehead atoms. The minimum Gasteiger partial charge on any atom is -0.300 e. The zero-order chi connectivity index (χ0) is 7.44. The van der Waals surface area contributed by atoms with Crippen LogP contribution < -0.4 is 0 Å². The van der Waals surface area contributed by atoms with Crippen LogP contribution in [0.1, 0.15) is 20.8 Å². The average molecular weight is 127 g/mol. The number of ketones is 2. The number of rotatable bonds is 3. The molecule has 0 fully saturated rings. The van der Waals surface area contributed by atoms with Crippen molar-refractivity contribution in [3.05, 3.63) is 6.42 Å². The Balaban J connectivity index is 3.63. The molecule has 1 radical (unpaired) electrons. The molecule has 1 unspecified atom stereocenters. The third kappa shape index (κ3) is 3.88. The van der Waals surface area contributed by atoms with Crippen molar-refractivity contribution in [1.29, 1.82) is 0 Å². The number of hydrogen-bond donors (Lipinski definition) is 0. The molecule has 2 heteroatoms. The van der Waals surface area contributed by atoms with Gasteiger partial charge in [-0.3, -0.25) is 9.59 Å². The molecule has 0 aromatic rings. The predicted molar refractivity (Wildman–Crippen MR) is 34.8 cm³/mol. The fourth-order valence-corrected chi connectivity index (χ4v) is 0.469. The van der Waals surface area contributed by atoms with Gasteiger partial charge in [-0.2, -0.15) is 0 Å². The molecule has 9 heavy (non-hydrogen) atoms. The molecule has 0 heterocycles. The van der Waals surface area contributed by atoms with Gasteiger partial charge in [-0.15, -0.1) is 0 Å². The Morgan fingerprint density at radius 3 is 1.89 bits per heavy atom. The normalized spacial score (nSPS) is 12.8. The lowest BCUT2D eigenvalue weighted by molar-refractivity contribution is -0.122. The number of carbonyl (C=O) groups is 2. The van der Waals surface area contributed by atoms with Crippen molar-refractivity contribution in [1.82, 2.24) is 0 Å². The first kappa shape index (κ1) is 8.34. The van der Waals surface area contributed by atoms with Crippen LogP contribution in [0.15, 0.2) is 0 Å². The van der Waals surface area contributed by atoms with Crippen molar-refractivity contribution >= 4 is 11.6 Å². The molecule has 0 saturated heterocycles. The van der Waals surface area contributed by atoms with Crippen LogP contribution in [-0.2, 0) is 9.59 Å². The van der Waals surface area contributed by atoms with Gasteiger partial charge in [0.15, 0.2) is 0 Å². The summed E-state index contributed by atoms with van der Waals surface area (Å²) in [5, 5.41) is 0. The van der Waals surface area contributed by atoms with Crippen molar-refractivity contribution < 1.29 is 9.59 Å². The molecule has 0 aliphatic carbocycles. The van der Waals surface area contributed by atoms with Crippen LogP contribution in [0.25, 0.3) is 0 Å². The summed E-state index contributed by atoms with van der Waals surface area (Å²) in [4.78, 5) is 20.8. The zero-order valence-electron chi connectivity index (χ0n) is 5.97. The van der Waals surface area contributed by atoms with Gasteiger partial charge in [-0.1, -0.05) is 6.92 Å². The van der Waals surface area contributed by atoms with Crippen molar-refractivity contribution in [3.8, 4) is 0 Å². The molecule has 0 rings (SSSR count). The molecule has 0 aromatic heterocycles. The average Bonchev–Trinajstić information content (AvgIpc) is 1.63. The van der Waals surface area contributed by atoms with Crippen LogP contribution in [-0.4, -0.2) is 11.6 Å². The monoisotopic (exact) mass is 127 g/mol. The lowest BCUT2D eigenvalue weighted by Gasteiger charge is -2.00. The predicted octanol–water partition coefficient (Wildman–Crippen LogP) is 1.00. The van der Waals surface area contributed by atoms with Crippen LogP contribution in [0.5, 0.6) is 0 Å². The summed E-state index contributed by atoms with van der Waals surface area (Å²) in [6.45, 7) is 4.63. The van der Waals surface area contributed by atoms with Gasteiger partial charge in [0, 0.05) is 12.3 Å². The molecular weight excluding hydrogens is 116 g/mol. The second-order valence-electron chi connectivity index (χ2n) is 2.18. The Bertz CT molecular complexity index is 127. The summed E-state index contributed by atoms with van der Waals surface area (Å²) in [6, 6.07) is 0. The van der Waals surface area contributed by atoms with E-state index < -0.39 is 0 Å². The van der Waals surface area contributed by atoms with Crippen molar-refractivity contribution in [2.24, 2.45) is 5.92 Å². The minimum absolute atomic E-state index is 0.0326. The highest BCUT2D eigenvalue weighted by molar-refractivity contribution is 5.92. The Morgan fingerprint density at radius 1 is 1.33 bits per heavy atom. The van der Waals surface area contributed by atoms with Crippen molar-refractivity contribution in [2.45, 2.75) is 20.8 Å². The summed E-state index contributed by atoms with van der Waals surface area (Å²) in [5.74, 6) is -0.231. The maximum atomic E-state index is 10.5. The van der Waals surface area contributed by atoms with Gasteiger partial charge in [0.1, 0.15) is 11.6 Å². The highest BCUT2D eigenvalue weighted by Crippen LogP contribution is 2.00. The molecule has 0 N–H and O–H groups in total. The zero-order valence-corrected chi connectivity index (χ0v) is 5.97. The summed E-state index contributed by atoms with van der Waals surface area (Å²) < 4.78 is 0. The standard InChI is InChI=1S/C7H11O2/c1-5(7(3)9)4-6(2)8/h4-5H,1-3H3. The van der Waals surface area contributed by atoms with Crippen LogP contribution in [0.4, 0.5) is 0 Å². The van der Waals surface area contributed by atoms with Gasteiger partial charge in [0.2, 0.25) is 0 Å². The van der Waals surface area contributed by atoms with E-state index in [0.29, 0.717) is 0 Å². The first-order valence-electron chi connectivity index (χ1n) is 2.90. The third-order valence-electron chi connectivity index (χ3n) is 1.13. The lowest BCUT2D eigenvalue weighted by atomic mass is 10.0.